The van der Waals surface area contributed by atoms with Gasteiger partial charge in [-0.2, -0.15) is 5.26 Å². The lowest BCUT2D eigenvalue weighted by Gasteiger charge is -2.08. The van der Waals surface area contributed by atoms with Crippen molar-refractivity contribution >= 4 is 29.3 Å². The van der Waals surface area contributed by atoms with Crippen LogP contribution < -0.4 is 10.1 Å². The molecule has 0 bridgehead atoms. The van der Waals surface area contributed by atoms with Crippen LogP contribution in [0.25, 0.3) is 6.08 Å². The number of carbonyl (C=O) groups is 1. The van der Waals surface area contributed by atoms with E-state index in [1.54, 1.807) is 36.4 Å². The summed E-state index contributed by atoms with van der Waals surface area (Å²) in [6.45, 7) is 0.362. The highest BCUT2D eigenvalue weighted by molar-refractivity contribution is 6.30. The van der Waals surface area contributed by atoms with Gasteiger partial charge in [0.2, 0.25) is 0 Å². The SMILES string of the molecule is N#C/C(=C\c1cccc(OCc2ccc(Cl)cc2)c1)C(=O)Nc1ccc(F)cc1. The van der Waals surface area contributed by atoms with Gasteiger partial charge < -0.3 is 10.1 Å². The highest BCUT2D eigenvalue weighted by Crippen LogP contribution is 2.19. The summed E-state index contributed by atoms with van der Waals surface area (Å²) in [6.07, 6.45) is 1.47. The fourth-order valence-electron chi connectivity index (χ4n) is 2.49. The van der Waals surface area contributed by atoms with Gasteiger partial charge >= 0.3 is 0 Å². The first-order chi connectivity index (χ1) is 14.0. The van der Waals surface area contributed by atoms with E-state index in [1.165, 1.54) is 30.3 Å². The van der Waals surface area contributed by atoms with E-state index in [1.807, 2.05) is 18.2 Å². The van der Waals surface area contributed by atoms with Gasteiger partial charge in [0.15, 0.2) is 0 Å². The maximum atomic E-state index is 13.0. The van der Waals surface area contributed by atoms with Gasteiger partial charge in [-0.3, -0.25) is 4.79 Å². The smallest absolute Gasteiger partial charge is 0.266 e. The molecule has 0 saturated heterocycles. The summed E-state index contributed by atoms with van der Waals surface area (Å²) in [4.78, 5) is 12.3. The van der Waals surface area contributed by atoms with E-state index in [2.05, 4.69) is 5.32 Å². The van der Waals surface area contributed by atoms with E-state index in [4.69, 9.17) is 16.3 Å². The molecule has 0 spiro atoms. The molecule has 3 rings (SSSR count). The number of nitrogens with zero attached hydrogens (tertiary/aromatic N) is 1. The Morgan fingerprint density at radius 3 is 2.52 bits per heavy atom. The number of nitriles is 1. The zero-order valence-electron chi connectivity index (χ0n) is 15.2. The molecule has 0 saturated carbocycles. The molecule has 0 aliphatic heterocycles. The highest BCUT2D eigenvalue weighted by Gasteiger charge is 2.10. The molecule has 1 amide bonds. The van der Waals surface area contributed by atoms with Crippen LogP contribution in [0.3, 0.4) is 0 Å². The third kappa shape index (κ3) is 5.93. The Hall–Kier alpha value is -3.62. The van der Waals surface area contributed by atoms with Crippen molar-refractivity contribution < 1.29 is 13.9 Å². The number of hydrogen-bond acceptors (Lipinski definition) is 3. The van der Waals surface area contributed by atoms with Gasteiger partial charge in [0.05, 0.1) is 0 Å². The molecule has 144 valence electrons. The molecule has 3 aromatic carbocycles. The van der Waals surface area contributed by atoms with Gasteiger partial charge in [-0.05, 0) is 65.7 Å². The first-order valence-corrected chi connectivity index (χ1v) is 9.07. The highest BCUT2D eigenvalue weighted by atomic mass is 35.5. The second-order valence-electron chi connectivity index (χ2n) is 6.12. The minimum absolute atomic E-state index is 0.0795. The van der Waals surface area contributed by atoms with Gasteiger partial charge in [0.25, 0.3) is 5.91 Å². The molecule has 0 aromatic heterocycles. The molecular formula is C23H16ClFN2O2. The maximum absolute atomic E-state index is 13.0. The van der Waals surface area contributed by atoms with Gasteiger partial charge in [-0.1, -0.05) is 35.9 Å². The van der Waals surface area contributed by atoms with Crippen LogP contribution >= 0.6 is 11.6 Å². The molecular weight excluding hydrogens is 391 g/mol. The number of benzene rings is 3. The number of carbonyl (C=O) groups excluding carboxylic acids is 1. The van der Waals surface area contributed by atoms with Crippen molar-refractivity contribution in [3.8, 4) is 11.8 Å². The number of rotatable bonds is 6. The summed E-state index contributed by atoms with van der Waals surface area (Å²) < 4.78 is 18.7. The molecule has 1 N–H and O–H groups in total. The van der Waals surface area contributed by atoms with E-state index in [-0.39, 0.29) is 5.57 Å². The molecule has 0 atom stereocenters. The maximum Gasteiger partial charge on any atom is 0.266 e. The molecule has 3 aromatic rings. The van der Waals surface area contributed by atoms with E-state index in [0.29, 0.717) is 28.6 Å². The van der Waals surface area contributed by atoms with Crippen molar-refractivity contribution in [2.75, 3.05) is 5.32 Å². The molecule has 0 aliphatic rings. The lowest BCUT2D eigenvalue weighted by atomic mass is 10.1. The van der Waals surface area contributed by atoms with E-state index >= 15 is 0 Å². The van der Waals surface area contributed by atoms with Crippen LogP contribution in [0.1, 0.15) is 11.1 Å². The predicted octanol–water partition coefficient (Wildman–Crippen LogP) is 5.60. The zero-order chi connectivity index (χ0) is 20.6. The summed E-state index contributed by atoms with van der Waals surface area (Å²) in [5.74, 6) is -0.383. The summed E-state index contributed by atoms with van der Waals surface area (Å²) in [6, 6.07) is 21.6. The number of hydrogen-bond donors (Lipinski definition) is 1. The van der Waals surface area contributed by atoms with Crippen molar-refractivity contribution in [2.45, 2.75) is 6.61 Å². The molecule has 29 heavy (non-hydrogen) atoms. The summed E-state index contributed by atoms with van der Waals surface area (Å²) in [5, 5.41) is 12.6. The average molecular weight is 407 g/mol. The van der Waals surface area contributed by atoms with Crippen LogP contribution in [0, 0.1) is 17.1 Å². The molecule has 0 heterocycles. The van der Waals surface area contributed by atoms with Crippen LogP contribution in [0.4, 0.5) is 10.1 Å². The minimum atomic E-state index is -0.577. The third-order valence-corrected chi connectivity index (χ3v) is 4.21. The standard InChI is InChI=1S/C23H16ClFN2O2/c24-19-6-4-16(5-7-19)15-29-22-3-1-2-17(13-22)12-18(14-26)23(28)27-21-10-8-20(25)9-11-21/h1-13H,15H2,(H,27,28)/b18-12+. The monoisotopic (exact) mass is 406 g/mol. The Morgan fingerprint density at radius 2 is 1.83 bits per heavy atom. The Labute approximate surface area is 172 Å². The van der Waals surface area contributed by atoms with E-state index in [0.717, 1.165) is 5.56 Å². The van der Waals surface area contributed by atoms with Crippen LogP contribution in [0.2, 0.25) is 5.02 Å². The second-order valence-corrected chi connectivity index (χ2v) is 6.55. The second kappa shape index (κ2) is 9.54. The van der Waals surface area contributed by atoms with Crippen molar-refractivity contribution in [2.24, 2.45) is 0 Å². The zero-order valence-corrected chi connectivity index (χ0v) is 16.0. The van der Waals surface area contributed by atoms with Crippen molar-refractivity contribution in [1.82, 2.24) is 0 Å². The van der Waals surface area contributed by atoms with Gasteiger partial charge in [-0.15, -0.1) is 0 Å². The van der Waals surface area contributed by atoms with Crippen molar-refractivity contribution in [3.63, 3.8) is 0 Å². The Balaban J connectivity index is 1.69. The molecule has 0 radical (unpaired) electrons. The molecule has 0 fully saturated rings. The average Bonchev–Trinajstić information content (AvgIpc) is 2.73. The number of anilines is 1. The fourth-order valence-corrected chi connectivity index (χ4v) is 2.61. The molecule has 4 nitrogen and oxygen atoms in total. The summed E-state index contributed by atoms with van der Waals surface area (Å²) in [5.41, 5.74) is 1.93. The Bertz CT molecular complexity index is 1070. The Morgan fingerprint density at radius 1 is 1.10 bits per heavy atom. The van der Waals surface area contributed by atoms with Crippen LogP contribution in [0.5, 0.6) is 5.75 Å². The fraction of sp³-hybridized carbons (Fsp3) is 0.0435. The lowest BCUT2D eigenvalue weighted by Crippen LogP contribution is -2.13. The van der Waals surface area contributed by atoms with Gasteiger partial charge in [0.1, 0.15) is 29.8 Å². The summed E-state index contributed by atoms with van der Waals surface area (Å²) in [7, 11) is 0. The first-order valence-electron chi connectivity index (χ1n) is 8.69. The Kier molecular flexibility index (Phi) is 6.62. The van der Waals surface area contributed by atoms with E-state index in [9.17, 15) is 14.4 Å². The first kappa shape index (κ1) is 20.1. The molecule has 0 unspecified atom stereocenters. The largest absolute Gasteiger partial charge is 0.489 e. The predicted molar refractivity (Wildman–Crippen MR) is 111 cm³/mol. The molecule has 0 aliphatic carbocycles. The topological polar surface area (TPSA) is 62.1 Å². The normalized spacial score (nSPS) is 10.9. The number of halogens is 2. The summed E-state index contributed by atoms with van der Waals surface area (Å²) >= 11 is 5.87. The lowest BCUT2D eigenvalue weighted by molar-refractivity contribution is -0.112. The minimum Gasteiger partial charge on any atom is -0.489 e. The number of amides is 1. The van der Waals surface area contributed by atoms with Crippen molar-refractivity contribution in [1.29, 1.82) is 5.26 Å². The third-order valence-electron chi connectivity index (χ3n) is 3.96. The van der Waals surface area contributed by atoms with Crippen LogP contribution in [-0.4, -0.2) is 5.91 Å². The quantitative estimate of drug-likeness (QED) is 0.428. The number of nitrogens with one attached hydrogen (secondary N) is 1. The van der Waals surface area contributed by atoms with Gasteiger partial charge in [0, 0.05) is 10.7 Å². The number of ether oxygens (including phenoxy) is 1. The molecule has 6 heteroatoms. The van der Waals surface area contributed by atoms with Crippen LogP contribution in [-0.2, 0) is 11.4 Å². The van der Waals surface area contributed by atoms with E-state index < -0.39 is 11.7 Å². The van der Waals surface area contributed by atoms with Crippen molar-refractivity contribution in [3.05, 3.63) is 100 Å². The van der Waals surface area contributed by atoms with Crippen LogP contribution in [0.15, 0.2) is 78.4 Å². The van der Waals surface area contributed by atoms with Gasteiger partial charge in [-0.25, -0.2) is 4.39 Å².